The van der Waals surface area contributed by atoms with Gasteiger partial charge in [0, 0.05) is 52.0 Å². The van der Waals surface area contributed by atoms with Crippen LogP contribution in [0.3, 0.4) is 0 Å². The molecular weight excluding hydrogens is 865 g/mol. The van der Waals surface area contributed by atoms with Gasteiger partial charge in [0.25, 0.3) is 18.3 Å². The number of imidazole rings is 1. The highest BCUT2D eigenvalue weighted by molar-refractivity contribution is 6.08. The lowest BCUT2D eigenvalue weighted by molar-refractivity contribution is -0.136. The molecule has 1 aliphatic carbocycles. The second kappa shape index (κ2) is 16.8. The Kier molecular flexibility index (Phi) is 11.5. The summed E-state index contributed by atoms with van der Waals surface area (Å²) < 4.78 is 73.2. The predicted octanol–water partition coefficient (Wildman–Crippen LogP) is 5.72. The third-order valence-electron chi connectivity index (χ3n) is 13.6. The molecule has 2 unspecified atom stereocenters. The van der Waals surface area contributed by atoms with E-state index in [1.807, 2.05) is 33.8 Å². The second-order valence-corrected chi connectivity index (χ2v) is 19.7. The van der Waals surface area contributed by atoms with Crippen molar-refractivity contribution in [2.75, 3.05) is 54.9 Å². The van der Waals surface area contributed by atoms with Crippen LogP contribution in [0.5, 0.6) is 0 Å². The summed E-state index contributed by atoms with van der Waals surface area (Å²) in [6.07, 6.45) is 4.45. The maximum absolute atomic E-state index is 16.2. The average Bonchev–Trinajstić information content (AvgIpc) is 3.93. The number of nitrogens with one attached hydrogen (secondary N) is 2. The molecule has 2 N–H and O–H groups in total. The molecule has 354 valence electrons. The van der Waals surface area contributed by atoms with Crippen LogP contribution in [-0.4, -0.2) is 119 Å². The Balaban J connectivity index is 0.830. The molecule has 0 spiro atoms. The molecule has 0 bridgehead atoms. The first-order valence-corrected chi connectivity index (χ1v) is 22.5. The highest BCUT2D eigenvalue weighted by Gasteiger charge is 2.48. The van der Waals surface area contributed by atoms with Crippen molar-refractivity contribution in [3.63, 3.8) is 0 Å². The van der Waals surface area contributed by atoms with Crippen LogP contribution >= 0.6 is 0 Å². The summed E-state index contributed by atoms with van der Waals surface area (Å²) in [4.78, 5) is 61.9. The zero-order valence-electron chi connectivity index (χ0n) is 37.9. The van der Waals surface area contributed by atoms with Crippen molar-refractivity contribution in [2.24, 2.45) is 13.0 Å². The third kappa shape index (κ3) is 8.54. The van der Waals surface area contributed by atoms with Gasteiger partial charge in [0.15, 0.2) is 11.3 Å². The highest BCUT2D eigenvalue weighted by atomic mass is 19.3. The first-order valence-electron chi connectivity index (χ1n) is 22.5. The van der Waals surface area contributed by atoms with E-state index in [0.717, 1.165) is 0 Å². The minimum absolute atomic E-state index is 0.0855. The van der Waals surface area contributed by atoms with Crippen LogP contribution < -0.4 is 26.1 Å². The van der Waals surface area contributed by atoms with Gasteiger partial charge in [0.2, 0.25) is 11.8 Å². The fourth-order valence-corrected chi connectivity index (χ4v) is 10.9. The minimum Gasteiger partial charge on any atom is -0.366 e. The van der Waals surface area contributed by atoms with E-state index < -0.39 is 71.3 Å². The Morgan fingerprint density at radius 2 is 1.71 bits per heavy atom. The fraction of sp³-hybridized carbons (Fsp3) is 0.578. The Bertz CT molecular complexity index is 2740. The summed E-state index contributed by atoms with van der Waals surface area (Å²) in [5.41, 5.74) is -0.297. The van der Waals surface area contributed by atoms with E-state index in [0.29, 0.717) is 74.4 Å². The number of nitrogens with zero attached hydrogens (tertiary/aromatic N) is 10. The van der Waals surface area contributed by atoms with Gasteiger partial charge in [-0.2, -0.15) is 10.2 Å². The molecule has 3 saturated heterocycles. The molecule has 7 heterocycles. The lowest BCUT2D eigenvalue weighted by Gasteiger charge is -2.47. The smallest absolute Gasteiger partial charge is 0.329 e. The summed E-state index contributed by atoms with van der Waals surface area (Å²) in [6, 6.07) is 4.72. The van der Waals surface area contributed by atoms with E-state index in [1.165, 1.54) is 30.7 Å². The lowest BCUT2D eigenvalue weighted by Crippen LogP contribution is -2.58. The summed E-state index contributed by atoms with van der Waals surface area (Å²) in [5.74, 6) is -4.03. The number of halogens is 4. The summed E-state index contributed by atoms with van der Waals surface area (Å²) in [7, 11) is 3.27. The quantitative estimate of drug-likeness (QED) is 0.130. The molecule has 4 fully saturated rings. The molecule has 4 aromatic heterocycles. The largest absolute Gasteiger partial charge is 0.366 e. The molecule has 3 aliphatic heterocycles. The molecule has 1 aromatic carbocycles. The number of rotatable bonds is 10. The van der Waals surface area contributed by atoms with Crippen LogP contribution in [0.25, 0.3) is 16.7 Å². The number of aryl methyl sites for hydroxylation is 1. The number of fused-ring (bicyclic) bond motifs is 2. The Labute approximate surface area is 378 Å². The van der Waals surface area contributed by atoms with Crippen molar-refractivity contribution in [3.05, 3.63) is 64.6 Å². The number of carbonyl (C=O) groups is 3. The minimum atomic E-state index is -3.11. The number of benzene rings is 1. The normalized spacial score (nSPS) is 24.4. The number of anilines is 3. The van der Waals surface area contributed by atoms with Crippen molar-refractivity contribution < 1.29 is 36.7 Å². The molecule has 2 atom stereocenters. The van der Waals surface area contributed by atoms with E-state index in [1.54, 1.807) is 48.3 Å². The standard InChI is InChI=1S/C45H56F4N12O5/c1-43(2)23-58(24-44(3,4)66-43)34-17-19-59-39(52-34)28(20-50-59)40(63)51-29-22-60(54-36(29)38(46)47)27-12-10-26(11-13-27)21-55(5)33-16-18-57(25-45(33,48)49)30-8-7-9-31-37(30)56(6)42(65)61(31)32-14-15-35(62)53-41(32)64/h7-9,17,19-20,22,26-27,32-33,38H,10-16,18,21,23-25H2,1-6H3,(H,51,63)(H,53,62,64)/t26-,27-,32?,33?. The average molecular weight is 921 g/mol. The van der Waals surface area contributed by atoms with Gasteiger partial charge in [0.1, 0.15) is 17.4 Å². The van der Waals surface area contributed by atoms with Gasteiger partial charge >= 0.3 is 5.69 Å². The van der Waals surface area contributed by atoms with Crippen LogP contribution in [0, 0.1) is 5.92 Å². The molecule has 1 saturated carbocycles. The van der Waals surface area contributed by atoms with Crippen molar-refractivity contribution in [1.82, 2.24) is 43.7 Å². The van der Waals surface area contributed by atoms with Crippen LogP contribution in [0.1, 0.15) is 107 Å². The van der Waals surface area contributed by atoms with E-state index >= 15 is 8.78 Å². The van der Waals surface area contributed by atoms with Crippen LogP contribution in [0.2, 0.25) is 0 Å². The number of alkyl halides is 4. The number of hydrogen-bond donors (Lipinski definition) is 2. The molecule has 66 heavy (non-hydrogen) atoms. The first kappa shape index (κ1) is 45.3. The molecule has 0 radical (unpaired) electrons. The number of piperidine rings is 2. The van der Waals surface area contributed by atoms with Gasteiger partial charge in [-0.15, -0.1) is 0 Å². The van der Waals surface area contributed by atoms with Crippen molar-refractivity contribution in [3.8, 4) is 0 Å². The van der Waals surface area contributed by atoms with Crippen molar-refractivity contribution in [1.29, 1.82) is 0 Å². The maximum Gasteiger partial charge on any atom is 0.329 e. The maximum atomic E-state index is 16.2. The van der Waals surface area contributed by atoms with E-state index in [2.05, 4.69) is 25.7 Å². The first-order chi connectivity index (χ1) is 31.2. The van der Waals surface area contributed by atoms with Gasteiger partial charge < -0.3 is 19.9 Å². The number of imide groups is 1. The van der Waals surface area contributed by atoms with Gasteiger partial charge in [-0.25, -0.2) is 31.9 Å². The van der Waals surface area contributed by atoms with Crippen LogP contribution in [0.15, 0.2) is 47.7 Å². The van der Waals surface area contributed by atoms with Gasteiger partial charge in [-0.1, -0.05) is 6.07 Å². The predicted molar refractivity (Wildman–Crippen MR) is 237 cm³/mol. The van der Waals surface area contributed by atoms with Gasteiger partial charge in [-0.05, 0) is 97.4 Å². The molecule has 17 nitrogen and oxygen atoms in total. The molecule has 21 heteroatoms. The second-order valence-electron chi connectivity index (χ2n) is 19.7. The zero-order chi connectivity index (χ0) is 47.0. The Morgan fingerprint density at radius 3 is 2.39 bits per heavy atom. The number of ether oxygens (including phenoxy) is 1. The van der Waals surface area contributed by atoms with Crippen molar-refractivity contribution in [2.45, 2.75) is 114 Å². The molecule has 4 aliphatic rings. The SMILES string of the molecule is CN(C[C@H]1CC[C@H](n2cc(NC(=O)c3cnn4ccc(N5CC(C)(C)OC(C)(C)C5)nc34)c(C(F)F)n2)CC1)C1CCN(c2cccc3c2n(C)c(=O)n3C2CCC(=O)NC2=O)CC1(F)F. The van der Waals surface area contributed by atoms with Gasteiger partial charge in [-0.3, -0.25) is 38.4 Å². The monoisotopic (exact) mass is 920 g/mol. The number of carbonyl (C=O) groups excluding carboxylic acids is 3. The molecule has 3 amide bonds. The van der Waals surface area contributed by atoms with E-state index in [9.17, 15) is 28.0 Å². The highest BCUT2D eigenvalue weighted by Crippen LogP contribution is 2.40. The Morgan fingerprint density at radius 1 is 0.985 bits per heavy atom. The number of para-hydroxylation sites is 1. The number of morpholine rings is 1. The van der Waals surface area contributed by atoms with Gasteiger partial charge in [0.05, 0.1) is 58.4 Å². The van der Waals surface area contributed by atoms with Crippen LogP contribution in [-0.2, 0) is 21.4 Å². The molecule has 9 rings (SSSR count). The molecule has 5 aromatic rings. The third-order valence-corrected chi connectivity index (χ3v) is 13.6. The topological polar surface area (TPSA) is 169 Å². The fourth-order valence-electron chi connectivity index (χ4n) is 10.9. The lowest BCUT2D eigenvalue weighted by atomic mass is 9.85. The number of amides is 3. The zero-order valence-corrected chi connectivity index (χ0v) is 37.9. The summed E-state index contributed by atoms with van der Waals surface area (Å²) in [5, 5.41) is 13.5. The van der Waals surface area contributed by atoms with Crippen LogP contribution in [0.4, 0.5) is 34.8 Å². The van der Waals surface area contributed by atoms with Crippen molar-refractivity contribution >= 4 is 51.6 Å². The van der Waals surface area contributed by atoms with E-state index in [-0.39, 0.29) is 48.1 Å². The molecular formula is C45H56F4N12O5. The van der Waals surface area contributed by atoms with E-state index in [4.69, 9.17) is 9.72 Å². The number of aromatic nitrogens is 7. The summed E-state index contributed by atoms with van der Waals surface area (Å²) >= 11 is 0. The summed E-state index contributed by atoms with van der Waals surface area (Å²) in [6.45, 7) is 9.31. The number of hydrogen-bond acceptors (Lipinski definition) is 11. The Hall–Kier alpha value is -5.83.